The summed E-state index contributed by atoms with van der Waals surface area (Å²) in [6, 6.07) is 38.1. The van der Waals surface area contributed by atoms with Crippen LogP contribution in [0.15, 0.2) is 103 Å². The third-order valence-electron chi connectivity index (χ3n) is 8.11. The van der Waals surface area contributed by atoms with Crippen LogP contribution in [0.1, 0.15) is 68.4 Å². The van der Waals surface area contributed by atoms with Crippen molar-refractivity contribution in [2.45, 2.75) is 66.7 Å². The molecule has 0 aliphatic heterocycles. The van der Waals surface area contributed by atoms with Crippen LogP contribution in [-0.4, -0.2) is 6.88 Å². The van der Waals surface area contributed by atoms with Crippen molar-refractivity contribution >= 4 is 28.4 Å². The van der Waals surface area contributed by atoms with Gasteiger partial charge in [-0.15, -0.1) is 68.6 Å². The SMILES string of the molecule is Cc1cc2c(-c3ccc(C(C)(C)C)cc3)ccc(C)c2[cH-]1.Cc1ccc(-c2cccc3[cH-]c(C(C)C)cc23)cc1.[CH3-].[CH3-].[Si]=[Zr]. The molecule has 228 valence electrons. The zero-order valence-electron chi connectivity index (χ0n) is 28.4. The summed E-state index contributed by atoms with van der Waals surface area (Å²) >= 11 is 1.36. The van der Waals surface area contributed by atoms with E-state index in [9.17, 15) is 0 Å². The summed E-state index contributed by atoms with van der Waals surface area (Å²) in [5, 5.41) is 5.47. The van der Waals surface area contributed by atoms with Crippen LogP contribution in [0.2, 0.25) is 0 Å². The van der Waals surface area contributed by atoms with Gasteiger partial charge in [0.15, 0.2) is 0 Å². The Kier molecular flexibility index (Phi) is 13.6. The molecule has 0 bridgehead atoms. The van der Waals surface area contributed by atoms with Crippen LogP contribution in [-0.2, 0) is 28.8 Å². The van der Waals surface area contributed by atoms with Crippen molar-refractivity contribution in [1.29, 1.82) is 0 Å². The standard InChI is InChI=1S/C21H23.C19H19.2CH3.Si.Zr/c1-14-12-19-15(2)6-11-18(20(19)13-14)16-7-9-17(10-8-16)21(3,4)5;1-13(2)17-11-16-5-4-6-18(19(16)12-17)15-9-7-14(3)8-10-15;;;;/h6-13H,1-5H3;4-13H,1-3H3;2*1H3;;/q4*-1;;. The summed E-state index contributed by atoms with van der Waals surface area (Å²) in [6.07, 6.45) is 0. The van der Waals surface area contributed by atoms with Crippen molar-refractivity contribution in [3.8, 4) is 22.3 Å². The summed E-state index contributed by atoms with van der Waals surface area (Å²) in [4.78, 5) is 0. The van der Waals surface area contributed by atoms with Crippen LogP contribution in [0, 0.1) is 35.6 Å². The summed E-state index contributed by atoms with van der Waals surface area (Å²) < 4.78 is 0. The average molecular weight is 672 g/mol. The van der Waals surface area contributed by atoms with Crippen molar-refractivity contribution < 1.29 is 23.3 Å². The summed E-state index contributed by atoms with van der Waals surface area (Å²) in [7, 11) is 0. The first-order valence-electron chi connectivity index (χ1n) is 14.8. The normalized spacial score (nSPS) is 10.7. The molecule has 6 rings (SSSR count). The number of aryl methyl sites for hydroxylation is 3. The molecule has 0 N–H and O–H groups in total. The minimum atomic E-state index is 0. The molecular weight excluding hydrogens is 624 g/mol. The van der Waals surface area contributed by atoms with E-state index in [-0.39, 0.29) is 20.3 Å². The third-order valence-corrected chi connectivity index (χ3v) is 8.11. The fourth-order valence-electron chi connectivity index (χ4n) is 5.57. The van der Waals surface area contributed by atoms with E-state index in [4.69, 9.17) is 0 Å². The van der Waals surface area contributed by atoms with E-state index < -0.39 is 0 Å². The van der Waals surface area contributed by atoms with E-state index in [1.807, 2.05) is 0 Å². The number of hydrogen-bond acceptors (Lipinski definition) is 0. The second-order valence-corrected chi connectivity index (χ2v) is 12.7. The maximum absolute atomic E-state index is 3.06. The predicted octanol–water partition coefficient (Wildman–Crippen LogP) is 12.3. The quantitative estimate of drug-likeness (QED) is 0.130. The van der Waals surface area contributed by atoms with Crippen molar-refractivity contribution in [3.05, 3.63) is 146 Å². The monoisotopic (exact) mass is 670 g/mol. The van der Waals surface area contributed by atoms with Gasteiger partial charge in [-0.05, 0) is 34.9 Å². The molecule has 0 saturated heterocycles. The Morgan fingerprint density at radius 3 is 1.80 bits per heavy atom. The van der Waals surface area contributed by atoms with Crippen LogP contribution in [0.4, 0.5) is 0 Å². The molecule has 0 heterocycles. The zero-order valence-corrected chi connectivity index (χ0v) is 31.9. The molecule has 0 unspecified atom stereocenters. The van der Waals surface area contributed by atoms with Gasteiger partial charge in [0.25, 0.3) is 0 Å². The van der Waals surface area contributed by atoms with Crippen LogP contribution >= 0.6 is 0 Å². The van der Waals surface area contributed by atoms with Gasteiger partial charge in [-0.2, -0.15) is 12.1 Å². The second-order valence-electron chi connectivity index (χ2n) is 12.7. The molecule has 0 amide bonds. The molecule has 0 saturated carbocycles. The zero-order chi connectivity index (χ0) is 30.6. The first-order valence-corrected chi connectivity index (χ1v) is 19.0. The van der Waals surface area contributed by atoms with Gasteiger partial charge in [-0.3, -0.25) is 0 Å². The number of fused-ring (bicyclic) bond motifs is 2. The van der Waals surface area contributed by atoms with Crippen LogP contribution in [0.3, 0.4) is 0 Å². The average Bonchev–Trinajstić information content (AvgIpc) is 3.59. The van der Waals surface area contributed by atoms with Crippen molar-refractivity contribution in [2.75, 3.05) is 0 Å². The van der Waals surface area contributed by atoms with Crippen LogP contribution < -0.4 is 0 Å². The van der Waals surface area contributed by atoms with Gasteiger partial charge in [-0.1, -0.05) is 126 Å². The topological polar surface area (TPSA) is 0 Å². The molecule has 0 nitrogen and oxygen atoms in total. The molecule has 6 aromatic carbocycles. The molecule has 0 aliphatic carbocycles. The summed E-state index contributed by atoms with van der Waals surface area (Å²) in [6.45, 7) is 20.8. The molecule has 0 aliphatic rings. The molecule has 0 atom stereocenters. The van der Waals surface area contributed by atoms with E-state index in [1.165, 1.54) is 95.0 Å². The number of benzene rings is 4. The van der Waals surface area contributed by atoms with E-state index >= 15 is 0 Å². The fraction of sp³-hybridized carbons (Fsp3) is 0.238. The van der Waals surface area contributed by atoms with E-state index in [0.717, 1.165) is 0 Å². The number of hydrogen-bond donors (Lipinski definition) is 0. The van der Waals surface area contributed by atoms with E-state index in [1.54, 1.807) is 0 Å². The molecular formula is C42H48SiZr-4. The van der Waals surface area contributed by atoms with E-state index in [2.05, 4.69) is 165 Å². The van der Waals surface area contributed by atoms with Gasteiger partial charge in [-0.25, -0.2) is 0 Å². The van der Waals surface area contributed by atoms with Crippen LogP contribution in [0.5, 0.6) is 0 Å². The van der Waals surface area contributed by atoms with Crippen molar-refractivity contribution in [2.24, 2.45) is 0 Å². The second kappa shape index (κ2) is 16.0. The number of rotatable bonds is 3. The maximum atomic E-state index is 3.06. The third kappa shape index (κ3) is 8.47. The van der Waals surface area contributed by atoms with Gasteiger partial charge in [0.1, 0.15) is 0 Å². The van der Waals surface area contributed by atoms with Gasteiger partial charge in [0.2, 0.25) is 0 Å². The molecule has 0 spiro atoms. The fourth-order valence-corrected chi connectivity index (χ4v) is 5.57. The molecule has 6 aromatic rings. The van der Waals surface area contributed by atoms with E-state index in [0.29, 0.717) is 5.92 Å². The molecule has 2 radical (unpaired) electrons. The molecule has 0 fully saturated rings. The molecule has 44 heavy (non-hydrogen) atoms. The Labute approximate surface area is 284 Å². The Balaban J connectivity index is 0.000000280. The summed E-state index contributed by atoms with van der Waals surface area (Å²) in [5.74, 6) is 0.582. The Hall–Kier alpha value is -2.80. The van der Waals surface area contributed by atoms with Gasteiger partial charge in [0, 0.05) is 0 Å². The minimum absolute atomic E-state index is 0. The van der Waals surface area contributed by atoms with Crippen molar-refractivity contribution in [3.63, 3.8) is 0 Å². The van der Waals surface area contributed by atoms with Crippen LogP contribution in [0.25, 0.3) is 43.8 Å². The summed E-state index contributed by atoms with van der Waals surface area (Å²) in [5.41, 5.74) is 12.3. The first-order chi connectivity index (χ1) is 20.0. The van der Waals surface area contributed by atoms with Gasteiger partial charge >= 0.3 is 30.2 Å². The van der Waals surface area contributed by atoms with Crippen molar-refractivity contribution in [1.82, 2.24) is 0 Å². The van der Waals surface area contributed by atoms with Gasteiger partial charge < -0.3 is 14.9 Å². The Bertz CT molecular complexity index is 1770. The predicted molar refractivity (Wildman–Crippen MR) is 196 cm³/mol. The van der Waals surface area contributed by atoms with Gasteiger partial charge in [0.05, 0.1) is 0 Å². The molecule has 0 aromatic heterocycles. The molecule has 2 heteroatoms. The Morgan fingerprint density at radius 1 is 0.659 bits per heavy atom. The Morgan fingerprint density at radius 2 is 1.23 bits per heavy atom. The first kappa shape index (κ1) is 37.4.